The molecular formula is C7H10ClNO3S. The number of esters is 1. The van der Waals surface area contributed by atoms with Gasteiger partial charge in [0.2, 0.25) is 0 Å². The molecule has 0 saturated carbocycles. The first-order valence-electron chi connectivity index (χ1n) is 3.25. The predicted octanol–water partition coefficient (Wildman–Crippen LogP) is 1.35. The molecule has 13 heavy (non-hydrogen) atoms. The number of halogens is 1. The van der Waals surface area contributed by atoms with Crippen molar-refractivity contribution in [3.63, 3.8) is 0 Å². The van der Waals surface area contributed by atoms with Gasteiger partial charge in [0.1, 0.15) is 6.61 Å². The Morgan fingerprint density at radius 3 is 2.92 bits per heavy atom. The van der Waals surface area contributed by atoms with Crippen molar-refractivity contribution in [1.29, 1.82) is 0 Å². The minimum absolute atomic E-state index is 0. The second-order valence-electron chi connectivity index (χ2n) is 2.10. The number of nitrogens with two attached hydrogens (primary N) is 1. The van der Waals surface area contributed by atoms with Crippen molar-refractivity contribution in [3.05, 3.63) is 21.9 Å². The van der Waals surface area contributed by atoms with E-state index in [1.165, 1.54) is 18.4 Å². The maximum absolute atomic E-state index is 10.9. The Morgan fingerprint density at radius 1 is 1.69 bits per heavy atom. The molecule has 74 valence electrons. The van der Waals surface area contributed by atoms with Crippen molar-refractivity contribution in [2.45, 2.75) is 6.61 Å². The van der Waals surface area contributed by atoms with E-state index in [4.69, 9.17) is 5.90 Å². The minimum Gasteiger partial charge on any atom is -0.465 e. The molecule has 6 heteroatoms. The molecule has 0 aliphatic heterocycles. The second kappa shape index (κ2) is 5.93. The van der Waals surface area contributed by atoms with Crippen molar-refractivity contribution in [2.75, 3.05) is 7.11 Å². The zero-order valence-corrected chi connectivity index (χ0v) is 8.61. The van der Waals surface area contributed by atoms with E-state index in [9.17, 15) is 4.79 Å². The fourth-order valence-electron chi connectivity index (χ4n) is 0.763. The van der Waals surface area contributed by atoms with Crippen molar-refractivity contribution < 1.29 is 14.4 Å². The van der Waals surface area contributed by atoms with Crippen LogP contribution in [0.3, 0.4) is 0 Å². The molecule has 4 nitrogen and oxygen atoms in total. The number of rotatable bonds is 3. The summed E-state index contributed by atoms with van der Waals surface area (Å²) in [6.45, 7) is 0.321. The first-order valence-corrected chi connectivity index (χ1v) is 4.13. The molecule has 0 atom stereocenters. The summed E-state index contributed by atoms with van der Waals surface area (Å²) in [5.74, 6) is 4.53. The molecule has 0 aliphatic carbocycles. The third-order valence-corrected chi connectivity index (χ3v) is 2.21. The van der Waals surface area contributed by atoms with Gasteiger partial charge in [0.15, 0.2) is 0 Å². The van der Waals surface area contributed by atoms with Gasteiger partial charge in [-0.3, -0.25) is 4.84 Å². The molecule has 1 heterocycles. The quantitative estimate of drug-likeness (QED) is 0.621. The zero-order valence-electron chi connectivity index (χ0n) is 6.98. The van der Waals surface area contributed by atoms with Crippen molar-refractivity contribution in [1.82, 2.24) is 0 Å². The standard InChI is InChI=1S/C7H9NO3S.ClH/c1-10-7(9)5-2-6(3-11-8)12-4-5;/h2,4H,3,8H2,1H3;1H. The molecule has 0 spiro atoms. The fourth-order valence-corrected chi connectivity index (χ4v) is 1.54. The molecule has 0 saturated heterocycles. The van der Waals surface area contributed by atoms with Crippen LogP contribution in [0.1, 0.15) is 15.2 Å². The maximum Gasteiger partial charge on any atom is 0.338 e. The Bertz CT molecular complexity index is 276. The highest BCUT2D eigenvalue weighted by molar-refractivity contribution is 7.10. The number of ether oxygens (including phenoxy) is 1. The second-order valence-corrected chi connectivity index (χ2v) is 3.10. The molecule has 2 N–H and O–H groups in total. The van der Waals surface area contributed by atoms with Gasteiger partial charge in [-0.1, -0.05) is 0 Å². The molecule has 1 aromatic rings. The SMILES string of the molecule is COC(=O)c1csc(CON)c1.Cl. The van der Waals surface area contributed by atoms with Gasteiger partial charge in [-0.2, -0.15) is 0 Å². The molecule has 0 amide bonds. The van der Waals surface area contributed by atoms with Crippen LogP contribution in [0.15, 0.2) is 11.4 Å². The minimum atomic E-state index is -0.338. The van der Waals surface area contributed by atoms with E-state index in [1.54, 1.807) is 11.4 Å². The Hall–Kier alpha value is -0.620. The van der Waals surface area contributed by atoms with Crippen LogP contribution >= 0.6 is 23.7 Å². The Balaban J connectivity index is 0.00000144. The summed E-state index contributed by atoms with van der Waals surface area (Å²) in [5.41, 5.74) is 0.537. The largest absolute Gasteiger partial charge is 0.465 e. The van der Waals surface area contributed by atoms with E-state index in [2.05, 4.69) is 9.57 Å². The van der Waals surface area contributed by atoms with Gasteiger partial charge in [-0.25, -0.2) is 10.7 Å². The van der Waals surface area contributed by atoms with Gasteiger partial charge in [-0.15, -0.1) is 23.7 Å². The van der Waals surface area contributed by atoms with Gasteiger partial charge in [0, 0.05) is 10.3 Å². The van der Waals surface area contributed by atoms with E-state index in [0.717, 1.165) is 4.88 Å². The molecule has 0 fully saturated rings. The Morgan fingerprint density at radius 2 is 2.38 bits per heavy atom. The number of carbonyl (C=O) groups excluding carboxylic acids is 1. The number of methoxy groups -OCH3 is 1. The van der Waals surface area contributed by atoms with E-state index in [1.807, 2.05) is 0 Å². The predicted molar refractivity (Wildman–Crippen MR) is 51.9 cm³/mol. The number of thiophene rings is 1. The van der Waals surface area contributed by atoms with Gasteiger partial charge in [0.05, 0.1) is 12.7 Å². The normalized spacial score (nSPS) is 9.08. The molecule has 0 unspecified atom stereocenters. The van der Waals surface area contributed by atoms with Crippen LogP contribution in [0, 0.1) is 0 Å². The average molecular weight is 224 g/mol. The van der Waals surface area contributed by atoms with Crippen molar-refractivity contribution >= 4 is 29.7 Å². The summed E-state index contributed by atoms with van der Waals surface area (Å²) >= 11 is 1.41. The topological polar surface area (TPSA) is 61.5 Å². The van der Waals surface area contributed by atoms with Gasteiger partial charge >= 0.3 is 5.97 Å². The summed E-state index contributed by atoms with van der Waals surface area (Å²) in [4.78, 5) is 16.3. The highest BCUT2D eigenvalue weighted by Gasteiger charge is 2.07. The lowest BCUT2D eigenvalue weighted by Crippen LogP contribution is -1.99. The van der Waals surface area contributed by atoms with Crippen LogP contribution < -0.4 is 5.90 Å². The van der Waals surface area contributed by atoms with Crippen molar-refractivity contribution in [3.8, 4) is 0 Å². The Kier molecular flexibility index (Phi) is 5.65. The summed E-state index contributed by atoms with van der Waals surface area (Å²) in [5, 5.41) is 1.71. The van der Waals surface area contributed by atoms with E-state index >= 15 is 0 Å². The highest BCUT2D eigenvalue weighted by atomic mass is 35.5. The number of carbonyl (C=O) groups is 1. The van der Waals surface area contributed by atoms with Crippen LogP contribution in [0.25, 0.3) is 0 Å². The lowest BCUT2D eigenvalue weighted by molar-refractivity contribution is 0.0601. The van der Waals surface area contributed by atoms with E-state index in [0.29, 0.717) is 12.2 Å². The van der Waals surface area contributed by atoms with Gasteiger partial charge in [0.25, 0.3) is 0 Å². The zero-order chi connectivity index (χ0) is 8.97. The van der Waals surface area contributed by atoms with Crippen LogP contribution in [0.5, 0.6) is 0 Å². The molecule has 0 aromatic carbocycles. The fraction of sp³-hybridized carbons (Fsp3) is 0.286. The molecule has 1 aromatic heterocycles. The summed E-state index contributed by atoms with van der Waals surface area (Å²) in [7, 11) is 1.35. The van der Waals surface area contributed by atoms with Crippen LogP contribution in [0.2, 0.25) is 0 Å². The number of hydrogen-bond donors (Lipinski definition) is 1. The summed E-state index contributed by atoms with van der Waals surface area (Å²) < 4.78 is 4.52. The molecule has 1 rings (SSSR count). The Labute approximate surface area is 86.0 Å². The smallest absolute Gasteiger partial charge is 0.338 e. The van der Waals surface area contributed by atoms with Gasteiger partial charge in [-0.05, 0) is 6.07 Å². The average Bonchev–Trinajstić information content (AvgIpc) is 2.52. The lowest BCUT2D eigenvalue weighted by atomic mass is 10.3. The van der Waals surface area contributed by atoms with Gasteiger partial charge < -0.3 is 4.74 Å². The van der Waals surface area contributed by atoms with Crippen LogP contribution in [-0.2, 0) is 16.2 Å². The third-order valence-electron chi connectivity index (χ3n) is 1.30. The van der Waals surface area contributed by atoms with E-state index < -0.39 is 0 Å². The maximum atomic E-state index is 10.9. The molecule has 0 bridgehead atoms. The van der Waals surface area contributed by atoms with E-state index in [-0.39, 0.29) is 18.4 Å². The van der Waals surface area contributed by atoms with Crippen LogP contribution in [0.4, 0.5) is 0 Å². The molecule has 0 radical (unpaired) electrons. The summed E-state index contributed by atoms with van der Waals surface area (Å²) in [6, 6.07) is 1.70. The molecular weight excluding hydrogens is 214 g/mol. The third kappa shape index (κ3) is 3.31. The number of hydrogen-bond acceptors (Lipinski definition) is 5. The highest BCUT2D eigenvalue weighted by Crippen LogP contribution is 2.15. The molecule has 0 aliphatic rings. The van der Waals surface area contributed by atoms with Crippen LogP contribution in [-0.4, -0.2) is 13.1 Å². The summed E-state index contributed by atoms with van der Waals surface area (Å²) in [6.07, 6.45) is 0. The van der Waals surface area contributed by atoms with Crippen molar-refractivity contribution in [2.24, 2.45) is 5.90 Å². The first-order chi connectivity index (χ1) is 5.77. The first kappa shape index (κ1) is 12.4. The lowest BCUT2D eigenvalue weighted by Gasteiger charge is -1.92. The monoisotopic (exact) mass is 223 g/mol.